The highest BCUT2D eigenvalue weighted by atomic mass is 19.4. The zero-order valence-electron chi connectivity index (χ0n) is 13.3. The van der Waals surface area contributed by atoms with Gasteiger partial charge in [0.25, 0.3) is 0 Å². The molecular weight excluding hydrogens is 341 g/mol. The highest BCUT2D eigenvalue weighted by molar-refractivity contribution is 6.35. The normalized spacial score (nSPS) is 11.4. The molecule has 0 aliphatic carbocycles. The van der Waals surface area contributed by atoms with Gasteiger partial charge in [-0.3, -0.25) is 9.59 Å². The molecule has 2 rings (SSSR count). The summed E-state index contributed by atoms with van der Waals surface area (Å²) >= 11 is 0. The lowest BCUT2D eigenvalue weighted by Crippen LogP contribution is -2.42. The average molecular weight is 356 g/mol. The number of rotatable bonds is 4. The highest BCUT2D eigenvalue weighted by Crippen LogP contribution is 2.29. The van der Waals surface area contributed by atoms with Crippen molar-refractivity contribution in [3.05, 3.63) is 35.7 Å². The summed E-state index contributed by atoms with van der Waals surface area (Å²) in [6.45, 7) is 3.54. The van der Waals surface area contributed by atoms with Gasteiger partial charge in [0.1, 0.15) is 0 Å². The SMILES string of the molecule is CC(C)NC(=O)C(=O)NCc1ccc(-c2noc(C(F)(F)F)n2)cc1. The van der Waals surface area contributed by atoms with Gasteiger partial charge >= 0.3 is 23.9 Å². The summed E-state index contributed by atoms with van der Waals surface area (Å²) in [7, 11) is 0. The minimum Gasteiger partial charge on any atom is -0.346 e. The molecule has 0 fully saturated rings. The molecule has 25 heavy (non-hydrogen) atoms. The van der Waals surface area contributed by atoms with Gasteiger partial charge in [-0.2, -0.15) is 18.2 Å². The summed E-state index contributed by atoms with van der Waals surface area (Å²) < 4.78 is 41.5. The fourth-order valence-corrected chi connectivity index (χ4v) is 1.82. The van der Waals surface area contributed by atoms with Gasteiger partial charge < -0.3 is 15.2 Å². The Balaban J connectivity index is 1.97. The number of hydrogen-bond acceptors (Lipinski definition) is 5. The number of nitrogens with zero attached hydrogens (tertiary/aromatic N) is 2. The van der Waals surface area contributed by atoms with Gasteiger partial charge in [-0.15, -0.1) is 0 Å². The van der Waals surface area contributed by atoms with Gasteiger partial charge in [-0.1, -0.05) is 29.4 Å². The smallest absolute Gasteiger partial charge is 0.346 e. The second-order valence-electron chi connectivity index (χ2n) is 5.43. The van der Waals surface area contributed by atoms with Gasteiger partial charge in [0.2, 0.25) is 5.82 Å². The first-order valence-electron chi connectivity index (χ1n) is 7.25. The zero-order valence-corrected chi connectivity index (χ0v) is 13.3. The molecule has 134 valence electrons. The van der Waals surface area contributed by atoms with E-state index < -0.39 is 23.9 Å². The standard InChI is InChI=1S/C15H15F3N4O3/c1-8(2)20-13(24)12(23)19-7-9-3-5-10(6-4-9)11-21-14(25-22-11)15(16,17)18/h3-6,8H,7H2,1-2H3,(H,19,23)(H,20,24). The number of hydrogen-bond donors (Lipinski definition) is 2. The van der Waals surface area contributed by atoms with Crippen molar-refractivity contribution < 1.29 is 27.3 Å². The van der Waals surface area contributed by atoms with Gasteiger partial charge in [-0.05, 0) is 19.4 Å². The summed E-state index contributed by atoms with van der Waals surface area (Å²) in [5.41, 5.74) is 0.973. The van der Waals surface area contributed by atoms with E-state index in [1.54, 1.807) is 26.0 Å². The van der Waals surface area contributed by atoms with Crippen LogP contribution in [0.5, 0.6) is 0 Å². The molecule has 0 saturated carbocycles. The van der Waals surface area contributed by atoms with Crippen LogP contribution in [-0.4, -0.2) is 28.0 Å². The van der Waals surface area contributed by atoms with Crippen molar-refractivity contribution in [2.24, 2.45) is 0 Å². The number of alkyl halides is 3. The second-order valence-corrected chi connectivity index (χ2v) is 5.43. The van der Waals surface area contributed by atoms with E-state index in [1.165, 1.54) is 12.1 Å². The Bertz CT molecular complexity index is 754. The second kappa shape index (κ2) is 7.32. The third kappa shape index (κ3) is 5.03. The number of aromatic nitrogens is 2. The van der Waals surface area contributed by atoms with E-state index >= 15 is 0 Å². The fraction of sp³-hybridized carbons (Fsp3) is 0.333. The van der Waals surface area contributed by atoms with Crippen molar-refractivity contribution in [2.45, 2.75) is 32.6 Å². The minimum absolute atomic E-state index is 0.0880. The summed E-state index contributed by atoms with van der Waals surface area (Å²) in [6.07, 6.45) is -4.70. The van der Waals surface area contributed by atoms with Crippen molar-refractivity contribution in [1.82, 2.24) is 20.8 Å². The minimum atomic E-state index is -4.70. The summed E-state index contributed by atoms with van der Waals surface area (Å²) in [5.74, 6) is -3.13. The van der Waals surface area contributed by atoms with E-state index in [9.17, 15) is 22.8 Å². The van der Waals surface area contributed by atoms with Crippen molar-refractivity contribution in [3.63, 3.8) is 0 Å². The Hall–Kier alpha value is -2.91. The molecule has 0 atom stereocenters. The van der Waals surface area contributed by atoms with Crippen LogP contribution in [0.1, 0.15) is 25.3 Å². The molecule has 0 radical (unpaired) electrons. The Morgan fingerprint density at radius 2 is 1.80 bits per heavy atom. The van der Waals surface area contributed by atoms with Crippen LogP contribution in [0.3, 0.4) is 0 Å². The van der Waals surface area contributed by atoms with Crippen molar-refractivity contribution in [1.29, 1.82) is 0 Å². The number of amides is 2. The predicted molar refractivity (Wildman–Crippen MR) is 79.9 cm³/mol. The van der Waals surface area contributed by atoms with Crippen LogP contribution in [0, 0.1) is 0 Å². The highest BCUT2D eigenvalue weighted by Gasteiger charge is 2.38. The molecular formula is C15H15F3N4O3. The number of halogens is 3. The van der Waals surface area contributed by atoms with E-state index in [0.717, 1.165) is 0 Å². The van der Waals surface area contributed by atoms with Gasteiger partial charge in [0.15, 0.2) is 0 Å². The molecule has 2 aromatic rings. The maximum absolute atomic E-state index is 12.4. The molecule has 0 unspecified atom stereocenters. The molecule has 0 aliphatic rings. The third-order valence-electron chi connectivity index (χ3n) is 2.96. The Morgan fingerprint density at radius 3 is 2.32 bits per heavy atom. The maximum atomic E-state index is 12.4. The number of carbonyl (C=O) groups is 2. The van der Waals surface area contributed by atoms with Gasteiger partial charge in [0, 0.05) is 18.2 Å². The molecule has 1 aromatic carbocycles. The predicted octanol–water partition coefficient (Wildman–Crippen LogP) is 1.90. The lowest BCUT2D eigenvalue weighted by Gasteiger charge is -2.08. The molecule has 10 heteroatoms. The van der Waals surface area contributed by atoms with Crippen LogP contribution in [0.4, 0.5) is 13.2 Å². The summed E-state index contributed by atoms with van der Waals surface area (Å²) in [6, 6.07) is 5.95. The lowest BCUT2D eigenvalue weighted by molar-refractivity contribution is -0.159. The molecule has 7 nitrogen and oxygen atoms in total. The van der Waals surface area contributed by atoms with Crippen LogP contribution in [-0.2, 0) is 22.3 Å². The van der Waals surface area contributed by atoms with Gasteiger partial charge in [-0.25, -0.2) is 0 Å². The topological polar surface area (TPSA) is 97.1 Å². The molecule has 1 heterocycles. The molecule has 0 bridgehead atoms. The third-order valence-corrected chi connectivity index (χ3v) is 2.96. The van der Waals surface area contributed by atoms with E-state index in [-0.39, 0.29) is 18.4 Å². The average Bonchev–Trinajstić information content (AvgIpc) is 3.02. The van der Waals surface area contributed by atoms with Crippen LogP contribution < -0.4 is 10.6 Å². The summed E-state index contributed by atoms with van der Waals surface area (Å²) in [4.78, 5) is 26.3. The molecule has 0 spiro atoms. The van der Waals surface area contributed by atoms with E-state index in [2.05, 4.69) is 25.3 Å². The Labute approximate surface area is 140 Å². The van der Waals surface area contributed by atoms with Crippen LogP contribution in [0.2, 0.25) is 0 Å². The van der Waals surface area contributed by atoms with Crippen molar-refractivity contribution >= 4 is 11.8 Å². The first-order valence-corrected chi connectivity index (χ1v) is 7.25. The molecule has 2 amide bonds. The van der Waals surface area contributed by atoms with E-state index in [4.69, 9.17) is 0 Å². The quantitative estimate of drug-likeness (QED) is 0.816. The Morgan fingerprint density at radius 1 is 1.16 bits per heavy atom. The Kier molecular flexibility index (Phi) is 5.40. The largest absolute Gasteiger partial charge is 0.471 e. The fourth-order valence-electron chi connectivity index (χ4n) is 1.82. The number of benzene rings is 1. The number of carbonyl (C=O) groups excluding carboxylic acids is 2. The van der Waals surface area contributed by atoms with E-state index in [0.29, 0.717) is 11.1 Å². The monoisotopic (exact) mass is 356 g/mol. The van der Waals surface area contributed by atoms with Gasteiger partial charge in [0.05, 0.1) is 0 Å². The first kappa shape index (κ1) is 18.4. The van der Waals surface area contributed by atoms with Crippen molar-refractivity contribution in [3.8, 4) is 11.4 Å². The zero-order chi connectivity index (χ0) is 18.6. The first-order chi connectivity index (χ1) is 11.7. The molecule has 1 aromatic heterocycles. The van der Waals surface area contributed by atoms with E-state index in [1.807, 2.05) is 0 Å². The molecule has 0 aliphatic heterocycles. The number of nitrogens with one attached hydrogen (secondary N) is 2. The van der Waals surface area contributed by atoms with Crippen molar-refractivity contribution in [2.75, 3.05) is 0 Å². The maximum Gasteiger partial charge on any atom is 0.471 e. The molecule has 2 N–H and O–H groups in total. The van der Waals surface area contributed by atoms with Crippen LogP contribution >= 0.6 is 0 Å². The summed E-state index contributed by atoms with van der Waals surface area (Å²) in [5, 5.41) is 8.17. The lowest BCUT2D eigenvalue weighted by atomic mass is 10.1. The van der Waals surface area contributed by atoms with Crippen LogP contribution in [0.25, 0.3) is 11.4 Å². The van der Waals surface area contributed by atoms with Crippen LogP contribution in [0.15, 0.2) is 28.8 Å². The molecule has 0 saturated heterocycles.